The summed E-state index contributed by atoms with van der Waals surface area (Å²) in [5.41, 5.74) is 0. The molecule has 3 unspecified atom stereocenters. The lowest BCUT2D eigenvalue weighted by Gasteiger charge is -2.43. The average Bonchev–Trinajstić information content (AvgIpc) is 2.23. The Labute approximate surface area is 96.8 Å². The fraction of sp³-hybridized carbons (Fsp3) is 1.00. The van der Waals surface area contributed by atoms with E-state index in [-0.39, 0.29) is 0 Å². The van der Waals surface area contributed by atoms with Crippen molar-refractivity contribution in [1.29, 1.82) is 0 Å². The highest BCUT2D eigenvalue weighted by atomic mass is 14.4. The van der Waals surface area contributed by atoms with Gasteiger partial charge in [-0.2, -0.15) is 0 Å². The molecule has 0 radical (unpaired) electrons. The van der Waals surface area contributed by atoms with Crippen molar-refractivity contribution < 1.29 is 0 Å². The fourth-order valence-electron chi connectivity index (χ4n) is 3.53. The third kappa shape index (κ3) is 3.50. The van der Waals surface area contributed by atoms with Gasteiger partial charge in [0, 0.05) is 0 Å². The first kappa shape index (κ1) is 13.1. The summed E-state index contributed by atoms with van der Waals surface area (Å²) in [5.74, 6) is 4.17. The summed E-state index contributed by atoms with van der Waals surface area (Å²) < 4.78 is 0. The van der Waals surface area contributed by atoms with Crippen LogP contribution in [0.2, 0.25) is 0 Å². The highest BCUT2D eigenvalue weighted by Gasteiger charge is 2.35. The van der Waals surface area contributed by atoms with Crippen molar-refractivity contribution in [1.82, 2.24) is 0 Å². The SMILES string of the molecule is CCC(CC)CCCC1CC(C)C1CC. The standard InChI is InChI=1S/C15H30/c1-5-13(6-2)9-8-10-14-11-12(4)15(14)7-3/h12-15H,5-11H2,1-4H3. The van der Waals surface area contributed by atoms with Gasteiger partial charge in [0.25, 0.3) is 0 Å². The van der Waals surface area contributed by atoms with E-state index in [1.165, 1.54) is 44.9 Å². The first-order valence-corrected chi connectivity index (χ1v) is 7.22. The van der Waals surface area contributed by atoms with Crippen LogP contribution in [0.5, 0.6) is 0 Å². The lowest BCUT2D eigenvalue weighted by atomic mass is 9.63. The van der Waals surface area contributed by atoms with Crippen LogP contribution in [0.4, 0.5) is 0 Å². The van der Waals surface area contributed by atoms with Gasteiger partial charge >= 0.3 is 0 Å². The van der Waals surface area contributed by atoms with Crippen LogP contribution in [0.3, 0.4) is 0 Å². The van der Waals surface area contributed by atoms with Crippen LogP contribution in [0.1, 0.15) is 72.6 Å². The summed E-state index contributed by atoms with van der Waals surface area (Å²) in [5, 5.41) is 0. The zero-order valence-corrected chi connectivity index (χ0v) is 11.3. The molecule has 0 aromatic carbocycles. The van der Waals surface area contributed by atoms with E-state index in [2.05, 4.69) is 27.7 Å². The molecule has 0 aromatic rings. The molecular weight excluding hydrogens is 180 g/mol. The van der Waals surface area contributed by atoms with Gasteiger partial charge in [0.2, 0.25) is 0 Å². The van der Waals surface area contributed by atoms with Crippen molar-refractivity contribution in [2.45, 2.75) is 72.6 Å². The monoisotopic (exact) mass is 210 g/mol. The molecule has 1 aliphatic rings. The quantitative estimate of drug-likeness (QED) is 0.536. The van der Waals surface area contributed by atoms with Crippen LogP contribution >= 0.6 is 0 Å². The molecule has 3 atom stereocenters. The van der Waals surface area contributed by atoms with E-state index in [0.717, 1.165) is 23.7 Å². The molecule has 0 amide bonds. The molecule has 0 bridgehead atoms. The molecule has 15 heavy (non-hydrogen) atoms. The van der Waals surface area contributed by atoms with Gasteiger partial charge in [-0.25, -0.2) is 0 Å². The highest BCUT2D eigenvalue weighted by molar-refractivity contribution is 4.85. The Hall–Kier alpha value is 0. The molecule has 90 valence electrons. The van der Waals surface area contributed by atoms with E-state index in [9.17, 15) is 0 Å². The molecule has 1 rings (SSSR count). The topological polar surface area (TPSA) is 0 Å². The summed E-state index contributed by atoms with van der Waals surface area (Å²) in [6.07, 6.45) is 10.2. The molecule has 0 nitrogen and oxygen atoms in total. The van der Waals surface area contributed by atoms with Crippen LogP contribution in [-0.2, 0) is 0 Å². The molecule has 1 fully saturated rings. The summed E-state index contributed by atoms with van der Waals surface area (Å²) in [6.45, 7) is 9.49. The second-order valence-corrected chi connectivity index (χ2v) is 5.66. The average molecular weight is 210 g/mol. The minimum absolute atomic E-state index is 1.00. The van der Waals surface area contributed by atoms with Gasteiger partial charge in [-0.15, -0.1) is 0 Å². The van der Waals surface area contributed by atoms with Crippen molar-refractivity contribution in [2.24, 2.45) is 23.7 Å². The summed E-state index contributed by atoms with van der Waals surface area (Å²) in [6, 6.07) is 0. The zero-order valence-electron chi connectivity index (χ0n) is 11.3. The van der Waals surface area contributed by atoms with E-state index >= 15 is 0 Å². The maximum absolute atomic E-state index is 2.44. The lowest BCUT2D eigenvalue weighted by Crippen LogP contribution is -2.34. The zero-order chi connectivity index (χ0) is 11.3. The summed E-state index contributed by atoms with van der Waals surface area (Å²) in [4.78, 5) is 0. The maximum atomic E-state index is 2.44. The number of rotatable bonds is 7. The summed E-state index contributed by atoms with van der Waals surface area (Å²) in [7, 11) is 0. The Bertz CT molecular complexity index is 157. The molecule has 1 saturated carbocycles. The normalized spacial score (nSPS) is 30.6. The third-order valence-electron chi connectivity index (χ3n) is 4.82. The Morgan fingerprint density at radius 3 is 2.27 bits per heavy atom. The third-order valence-corrected chi connectivity index (χ3v) is 4.82. The van der Waals surface area contributed by atoms with Crippen molar-refractivity contribution in [3.05, 3.63) is 0 Å². The molecule has 0 saturated heterocycles. The predicted molar refractivity (Wildman–Crippen MR) is 69.0 cm³/mol. The minimum Gasteiger partial charge on any atom is -0.0651 e. The van der Waals surface area contributed by atoms with E-state index in [1.807, 2.05) is 0 Å². The molecular formula is C15H30. The molecule has 0 aliphatic heterocycles. The van der Waals surface area contributed by atoms with Gasteiger partial charge in [-0.1, -0.05) is 66.2 Å². The van der Waals surface area contributed by atoms with E-state index in [4.69, 9.17) is 0 Å². The minimum atomic E-state index is 1.00. The highest BCUT2D eigenvalue weighted by Crippen LogP contribution is 2.45. The first-order chi connectivity index (χ1) is 7.22. The van der Waals surface area contributed by atoms with E-state index in [1.54, 1.807) is 0 Å². The van der Waals surface area contributed by atoms with Gasteiger partial charge in [0.05, 0.1) is 0 Å². The Morgan fingerprint density at radius 1 is 1.13 bits per heavy atom. The Balaban J connectivity index is 2.10. The van der Waals surface area contributed by atoms with Gasteiger partial charge < -0.3 is 0 Å². The number of hydrogen-bond acceptors (Lipinski definition) is 0. The molecule has 1 aliphatic carbocycles. The van der Waals surface area contributed by atoms with Gasteiger partial charge in [-0.3, -0.25) is 0 Å². The second-order valence-electron chi connectivity index (χ2n) is 5.66. The van der Waals surface area contributed by atoms with Gasteiger partial charge in [0.15, 0.2) is 0 Å². The van der Waals surface area contributed by atoms with Crippen molar-refractivity contribution in [3.8, 4) is 0 Å². The van der Waals surface area contributed by atoms with Gasteiger partial charge in [-0.05, 0) is 30.1 Å². The van der Waals surface area contributed by atoms with Crippen molar-refractivity contribution in [2.75, 3.05) is 0 Å². The smallest absolute Gasteiger partial charge is 0.0362 e. The van der Waals surface area contributed by atoms with Gasteiger partial charge in [0.1, 0.15) is 0 Å². The molecule has 0 heterocycles. The lowest BCUT2D eigenvalue weighted by molar-refractivity contribution is 0.0709. The van der Waals surface area contributed by atoms with Crippen LogP contribution in [0.15, 0.2) is 0 Å². The van der Waals surface area contributed by atoms with Crippen molar-refractivity contribution in [3.63, 3.8) is 0 Å². The van der Waals surface area contributed by atoms with Crippen LogP contribution in [-0.4, -0.2) is 0 Å². The molecule has 0 aromatic heterocycles. The number of hydrogen-bond donors (Lipinski definition) is 0. The molecule has 0 heteroatoms. The van der Waals surface area contributed by atoms with E-state index < -0.39 is 0 Å². The molecule has 0 N–H and O–H groups in total. The van der Waals surface area contributed by atoms with Crippen LogP contribution in [0, 0.1) is 23.7 Å². The predicted octanol–water partition coefficient (Wildman–Crippen LogP) is 5.28. The van der Waals surface area contributed by atoms with E-state index in [0.29, 0.717) is 0 Å². The largest absolute Gasteiger partial charge is 0.0651 e. The second kappa shape index (κ2) is 6.55. The molecule has 0 spiro atoms. The van der Waals surface area contributed by atoms with Crippen LogP contribution < -0.4 is 0 Å². The Morgan fingerprint density at radius 2 is 1.80 bits per heavy atom. The summed E-state index contributed by atoms with van der Waals surface area (Å²) >= 11 is 0. The Kier molecular flexibility index (Phi) is 5.71. The maximum Gasteiger partial charge on any atom is -0.0362 e. The van der Waals surface area contributed by atoms with Crippen LogP contribution in [0.25, 0.3) is 0 Å². The van der Waals surface area contributed by atoms with Crippen molar-refractivity contribution >= 4 is 0 Å². The first-order valence-electron chi connectivity index (χ1n) is 7.22. The fourth-order valence-corrected chi connectivity index (χ4v) is 3.53.